The Morgan fingerprint density at radius 1 is 0.517 bits per heavy atom. The van der Waals surface area contributed by atoms with Crippen molar-refractivity contribution in [2.75, 3.05) is 7.05 Å². The molecule has 0 amide bonds. The summed E-state index contributed by atoms with van der Waals surface area (Å²) >= 11 is 0. The Hall–Kier alpha value is -6.49. The normalized spacial score (nSPS) is 16.9. The number of rotatable bonds is 3. The summed E-state index contributed by atoms with van der Waals surface area (Å²) in [6.07, 6.45) is -0.281. The number of aromatic nitrogens is 1. The zero-order chi connectivity index (χ0) is 39.1. The fourth-order valence-electron chi connectivity index (χ4n) is 10.9. The van der Waals surface area contributed by atoms with Crippen molar-refractivity contribution in [3.05, 3.63) is 191 Å². The van der Waals surface area contributed by atoms with Gasteiger partial charge in [-0.15, -0.1) is 0 Å². The maximum Gasteiger partial charge on any atom is 0.203 e. The smallest absolute Gasteiger partial charge is 0.203 e. The Morgan fingerprint density at radius 2 is 1.16 bits per heavy atom. The van der Waals surface area contributed by atoms with Crippen LogP contribution >= 0.6 is 0 Å². The van der Waals surface area contributed by atoms with Gasteiger partial charge < -0.3 is 4.90 Å². The van der Waals surface area contributed by atoms with E-state index in [0.29, 0.717) is 0 Å². The summed E-state index contributed by atoms with van der Waals surface area (Å²) in [6, 6.07) is 61.4. The molecule has 3 nitrogen and oxygen atoms in total. The number of benzene rings is 8. The number of para-hydroxylation sites is 1. The minimum atomic E-state index is -1.76. The van der Waals surface area contributed by atoms with Gasteiger partial charge in [-0.3, -0.25) is 4.57 Å². The molecule has 8 aromatic carbocycles. The van der Waals surface area contributed by atoms with E-state index in [-0.39, 0.29) is 11.7 Å². The van der Waals surface area contributed by atoms with Crippen LogP contribution in [-0.4, -0.2) is 24.6 Å². The Morgan fingerprint density at radius 3 is 1.98 bits per heavy atom. The molecule has 1 unspecified atom stereocenters. The van der Waals surface area contributed by atoms with Gasteiger partial charge in [0.15, 0.2) is 0 Å². The van der Waals surface area contributed by atoms with E-state index < -0.39 is 8.07 Å². The highest BCUT2D eigenvalue weighted by Gasteiger charge is 2.39. The van der Waals surface area contributed by atoms with Gasteiger partial charge in [0.25, 0.3) is 0 Å². The largest absolute Gasteiger partial charge is 0.334 e. The maximum atomic E-state index is 5.64. The molecule has 0 spiro atoms. The summed E-state index contributed by atoms with van der Waals surface area (Å²) in [6.45, 7) is 9.68. The van der Waals surface area contributed by atoms with Gasteiger partial charge in [0.05, 0.1) is 22.1 Å². The molecule has 0 saturated carbocycles. The molecule has 0 saturated heterocycles. The van der Waals surface area contributed by atoms with Crippen molar-refractivity contribution in [1.29, 1.82) is 0 Å². The van der Waals surface area contributed by atoms with Crippen molar-refractivity contribution in [3.8, 4) is 33.4 Å². The third-order valence-electron chi connectivity index (χ3n) is 13.8. The predicted octanol–water partition coefficient (Wildman–Crippen LogP) is 10.6. The van der Waals surface area contributed by atoms with Crippen molar-refractivity contribution < 1.29 is 0 Å². The lowest BCUT2D eigenvalue weighted by Crippen LogP contribution is -2.49. The van der Waals surface area contributed by atoms with E-state index >= 15 is 0 Å². The van der Waals surface area contributed by atoms with Crippen molar-refractivity contribution in [1.82, 2.24) is 9.47 Å². The predicted molar refractivity (Wildman–Crippen MR) is 245 cm³/mol. The van der Waals surface area contributed by atoms with E-state index in [4.69, 9.17) is 4.99 Å². The zero-order valence-electron chi connectivity index (χ0n) is 33.5. The minimum Gasteiger partial charge on any atom is -0.334 e. The standard InChI is InChI=1S/C54H43N3Si/c1-54(2)44-20-11-8-19-41(44)52-50-45(54)21-14-22-46(50)55-53(56(52)3)57-47-23-12-9-16-37(47)43-32-42(36-15-6-7-18-40(36)51(43)57)34-27-25-33(26-28-34)35-29-30-39-38-17-10-13-24-48(38)58(4,5)49(39)31-35/h6-32,53H,1-5H3. The van der Waals surface area contributed by atoms with Crippen molar-refractivity contribution in [2.24, 2.45) is 4.99 Å². The van der Waals surface area contributed by atoms with Gasteiger partial charge in [0.2, 0.25) is 6.29 Å². The van der Waals surface area contributed by atoms with Crippen LogP contribution in [0.25, 0.3) is 71.7 Å². The fourth-order valence-corrected chi connectivity index (χ4v) is 14.0. The molecule has 0 bridgehead atoms. The zero-order valence-corrected chi connectivity index (χ0v) is 34.5. The van der Waals surface area contributed by atoms with Crippen LogP contribution < -0.4 is 20.9 Å². The molecule has 1 atom stereocenters. The summed E-state index contributed by atoms with van der Waals surface area (Å²) in [5.74, 6) is 0. The lowest BCUT2D eigenvalue weighted by molar-refractivity contribution is 0.269. The van der Waals surface area contributed by atoms with E-state index in [1.165, 1.54) is 98.8 Å². The van der Waals surface area contributed by atoms with Crippen LogP contribution in [0.15, 0.2) is 169 Å². The first-order valence-electron chi connectivity index (χ1n) is 20.6. The monoisotopic (exact) mass is 761 g/mol. The second-order valence-electron chi connectivity index (χ2n) is 17.6. The van der Waals surface area contributed by atoms with Crippen molar-refractivity contribution >= 4 is 56.7 Å². The van der Waals surface area contributed by atoms with E-state index in [2.05, 4.69) is 207 Å². The lowest BCUT2D eigenvalue weighted by Gasteiger charge is -2.41. The van der Waals surface area contributed by atoms with Crippen LogP contribution in [0.1, 0.15) is 36.8 Å². The Balaban J connectivity index is 1.03. The molecule has 3 aliphatic rings. The molecule has 0 N–H and O–H groups in total. The van der Waals surface area contributed by atoms with Gasteiger partial charge >= 0.3 is 0 Å². The summed E-state index contributed by atoms with van der Waals surface area (Å²) in [5, 5.41) is 10.4. The number of nitrogens with zero attached hydrogens (tertiary/aromatic N) is 3. The molecular weight excluding hydrogens is 719 g/mol. The lowest BCUT2D eigenvalue weighted by atomic mass is 9.71. The van der Waals surface area contributed by atoms with E-state index in [9.17, 15) is 0 Å². The molecule has 1 aliphatic carbocycles. The molecule has 4 heteroatoms. The van der Waals surface area contributed by atoms with Gasteiger partial charge in [0.1, 0.15) is 8.07 Å². The Kier molecular flexibility index (Phi) is 6.83. The topological polar surface area (TPSA) is 20.5 Å². The summed E-state index contributed by atoms with van der Waals surface area (Å²) < 4.78 is 2.50. The van der Waals surface area contributed by atoms with Crippen LogP contribution in [0, 0.1) is 0 Å². The molecule has 3 heterocycles. The highest BCUT2D eigenvalue weighted by atomic mass is 28.3. The molecule has 0 radical (unpaired) electrons. The van der Waals surface area contributed by atoms with E-state index in [0.717, 1.165) is 5.36 Å². The molecule has 12 rings (SSSR count). The van der Waals surface area contributed by atoms with Crippen LogP contribution in [0.2, 0.25) is 13.1 Å². The van der Waals surface area contributed by atoms with Crippen molar-refractivity contribution in [2.45, 2.75) is 38.6 Å². The molecule has 9 aromatic rings. The van der Waals surface area contributed by atoms with Gasteiger partial charge in [-0.1, -0.05) is 173 Å². The summed E-state index contributed by atoms with van der Waals surface area (Å²) in [7, 11) is 0.475. The van der Waals surface area contributed by atoms with E-state index in [1.54, 1.807) is 5.19 Å². The molecule has 2 aliphatic heterocycles. The van der Waals surface area contributed by atoms with E-state index in [1.807, 2.05) is 0 Å². The van der Waals surface area contributed by atoms with Gasteiger partial charge in [-0.2, -0.15) is 0 Å². The highest BCUT2D eigenvalue weighted by Crippen LogP contribution is 2.45. The highest BCUT2D eigenvalue weighted by molar-refractivity contribution is 7.03. The van der Waals surface area contributed by atoms with Crippen LogP contribution in [0.3, 0.4) is 0 Å². The first-order valence-corrected chi connectivity index (χ1v) is 23.6. The third kappa shape index (κ3) is 4.41. The molecular formula is C54H43N3Si. The van der Waals surface area contributed by atoms with Gasteiger partial charge in [-0.25, -0.2) is 4.99 Å². The second-order valence-corrected chi connectivity index (χ2v) is 21.9. The van der Waals surface area contributed by atoms with Crippen LogP contribution in [-0.2, 0) is 5.41 Å². The molecule has 1 aromatic heterocycles. The first-order chi connectivity index (χ1) is 28.2. The summed E-state index contributed by atoms with van der Waals surface area (Å²) in [5.41, 5.74) is 15.4. The molecule has 58 heavy (non-hydrogen) atoms. The molecule has 278 valence electrons. The molecule has 0 fully saturated rings. The average molecular weight is 762 g/mol. The SMILES string of the molecule is CN1C2=c3c(cccc3=NC1n1c3ccccc3c3cc(-c4ccc(-c5ccc6c(c5)[Si](C)(C)c5ccccc5-6)cc4)c4ccccc4c31)C(C)(C)c1ccccc12. The third-order valence-corrected chi connectivity index (χ3v) is 17.4. The number of fused-ring (bicyclic) bond motifs is 10. The van der Waals surface area contributed by atoms with Gasteiger partial charge in [-0.05, 0) is 78.5 Å². The quantitative estimate of drug-likeness (QED) is 0.164. The van der Waals surface area contributed by atoms with Crippen LogP contribution in [0.4, 0.5) is 0 Å². The summed E-state index contributed by atoms with van der Waals surface area (Å²) in [4.78, 5) is 8.06. The fraction of sp³-hybridized carbons (Fsp3) is 0.130. The van der Waals surface area contributed by atoms with Crippen molar-refractivity contribution in [3.63, 3.8) is 0 Å². The maximum absolute atomic E-state index is 5.64. The first kappa shape index (κ1) is 33.6. The van der Waals surface area contributed by atoms with Gasteiger partial charge in [0, 0.05) is 39.4 Å². The van der Waals surface area contributed by atoms with Crippen LogP contribution in [0.5, 0.6) is 0 Å². The Labute approximate surface area is 339 Å². The second kappa shape index (κ2) is 11.8. The number of hydrogen-bond acceptors (Lipinski definition) is 2. The average Bonchev–Trinajstić information content (AvgIpc) is 3.71. The minimum absolute atomic E-state index is 0.127. The number of hydrogen-bond donors (Lipinski definition) is 0. The Bertz CT molecular complexity index is 3370.